The molecule has 0 saturated heterocycles. The molecule has 3 rings (SSSR count). The largest absolute Gasteiger partial charge is 0.323 e. The molecule has 1 fully saturated rings. The lowest BCUT2D eigenvalue weighted by Gasteiger charge is -2.29. The fourth-order valence-corrected chi connectivity index (χ4v) is 3.42. The maximum Gasteiger partial charge on any atom is 0.244 e. The standard InChI is InChI=1S/C18H22N2O2/c1-11(2)9-12-16(18(12,3)4)17(22)20-10-15(21)19-13-7-5-6-8-14(13)20/h5-9,12,16H,10H2,1-4H3,(H,19,21). The molecule has 1 aliphatic carbocycles. The van der Waals surface area contributed by atoms with Crippen molar-refractivity contribution in [1.82, 2.24) is 0 Å². The summed E-state index contributed by atoms with van der Waals surface area (Å²) in [6.45, 7) is 8.45. The molecule has 2 unspecified atom stereocenters. The van der Waals surface area contributed by atoms with Crippen molar-refractivity contribution >= 4 is 23.2 Å². The Morgan fingerprint density at radius 1 is 1.32 bits per heavy atom. The summed E-state index contributed by atoms with van der Waals surface area (Å²) in [4.78, 5) is 26.5. The predicted octanol–water partition coefficient (Wildman–Crippen LogP) is 3.21. The minimum Gasteiger partial charge on any atom is -0.323 e. The van der Waals surface area contributed by atoms with Crippen LogP contribution < -0.4 is 10.2 Å². The van der Waals surface area contributed by atoms with Crippen LogP contribution in [0.4, 0.5) is 11.4 Å². The lowest BCUT2D eigenvalue weighted by atomic mass is 10.1. The SMILES string of the molecule is CC(C)=CC1C(C(=O)N2CC(=O)Nc3ccccc32)C1(C)C. The number of allylic oxidation sites excluding steroid dienone is 2. The van der Waals surface area contributed by atoms with Crippen molar-refractivity contribution < 1.29 is 9.59 Å². The summed E-state index contributed by atoms with van der Waals surface area (Å²) in [5, 5.41) is 2.82. The number of anilines is 2. The van der Waals surface area contributed by atoms with Gasteiger partial charge in [0, 0.05) is 0 Å². The first-order chi connectivity index (χ1) is 10.3. The van der Waals surface area contributed by atoms with Crippen molar-refractivity contribution in [3.8, 4) is 0 Å². The maximum atomic E-state index is 13.0. The summed E-state index contributed by atoms with van der Waals surface area (Å²) < 4.78 is 0. The predicted molar refractivity (Wildman–Crippen MR) is 87.6 cm³/mol. The molecule has 0 aromatic heterocycles. The quantitative estimate of drug-likeness (QED) is 0.852. The van der Waals surface area contributed by atoms with Gasteiger partial charge in [0.05, 0.1) is 17.3 Å². The second kappa shape index (κ2) is 4.97. The molecule has 0 spiro atoms. The highest BCUT2D eigenvalue weighted by Crippen LogP contribution is 2.60. The van der Waals surface area contributed by atoms with E-state index in [-0.39, 0.29) is 35.6 Å². The molecule has 2 amide bonds. The molecule has 116 valence electrons. The van der Waals surface area contributed by atoms with E-state index in [2.05, 4.69) is 39.1 Å². The third-order valence-electron chi connectivity index (χ3n) is 4.73. The summed E-state index contributed by atoms with van der Waals surface area (Å²) in [5.41, 5.74) is 2.69. The normalized spacial score (nSPS) is 25.1. The zero-order valence-corrected chi connectivity index (χ0v) is 13.5. The van der Waals surface area contributed by atoms with Crippen LogP contribution in [0.1, 0.15) is 27.7 Å². The molecular formula is C18H22N2O2. The lowest BCUT2D eigenvalue weighted by Crippen LogP contribution is -2.43. The number of rotatable bonds is 2. The van der Waals surface area contributed by atoms with E-state index in [4.69, 9.17) is 0 Å². The number of nitrogens with zero attached hydrogens (tertiary/aromatic N) is 1. The Morgan fingerprint density at radius 2 is 2.00 bits per heavy atom. The molecule has 1 aliphatic heterocycles. The second-order valence-corrected chi connectivity index (χ2v) is 7.06. The van der Waals surface area contributed by atoms with Crippen molar-refractivity contribution in [1.29, 1.82) is 0 Å². The van der Waals surface area contributed by atoms with Gasteiger partial charge in [-0.25, -0.2) is 0 Å². The van der Waals surface area contributed by atoms with E-state index in [9.17, 15) is 9.59 Å². The van der Waals surface area contributed by atoms with Gasteiger partial charge in [0.25, 0.3) is 0 Å². The van der Waals surface area contributed by atoms with Crippen LogP contribution in [0.25, 0.3) is 0 Å². The van der Waals surface area contributed by atoms with Crippen LogP contribution in [-0.4, -0.2) is 18.4 Å². The number of hydrogen-bond donors (Lipinski definition) is 1. The van der Waals surface area contributed by atoms with E-state index in [0.717, 1.165) is 5.69 Å². The van der Waals surface area contributed by atoms with Gasteiger partial charge in [-0.15, -0.1) is 0 Å². The van der Waals surface area contributed by atoms with Gasteiger partial charge in [0.1, 0.15) is 6.54 Å². The Kier molecular flexibility index (Phi) is 3.35. The van der Waals surface area contributed by atoms with Crippen molar-refractivity contribution in [2.45, 2.75) is 27.7 Å². The summed E-state index contributed by atoms with van der Waals surface area (Å²) in [7, 11) is 0. The molecule has 4 nitrogen and oxygen atoms in total. The van der Waals surface area contributed by atoms with E-state index in [1.807, 2.05) is 24.3 Å². The highest BCUT2D eigenvalue weighted by molar-refractivity contribution is 6.11. The number of fused-ring (bicyclic) bond motifs is 1. The minimum absolute atomic E-state index is 0.0444. The van der Waals surface area contributed by atoms with Crippen molar-refractivity contribution in [2.75, 3.05) is 16.8 Å². The first-order valence-corrected chi connectivity index (χ1v) is 7.67. The first-order valence-electron chi connectivity index (χ1n) is 7.67. The minimum atomic E-state index is -0.135. The molecule has 22 heavy (non-hydrogen) atoms. The van der Waals surface area contributed by atoms with Gasteiger partial charge in [0.2, 0.25) is 11.8 Å². The number of nitrogens with one attached hydrogen (secondary N) is 1. The average Bonchev–Trinajstić information content (AvgIpc) is 2.97. The smallest absolute Gasteiger partial charge is 0.244 e. The number of amides is 2. The summed E-state index contributed by atoms with van der Waals surface area (Å²) in [6.07, 6.45) is 2.18. The first kappa shape index (κ1) is 14.8. The summed E-state index contributed by atoms with van der Waals surface area (Å²) in [5.74, 6) is 0.113. The van der Waals surface area contributed by atoms with E-state index in [1.165, 1.54) is 5.57 Å². The Balaban J connectivity index is 1.91. The van der Waals surface area contributed by atoms with E-state index >= 15 is 0 Å². The number of para-hydroxylation sites is 2. The molecule has 1 heterocycles. The fraction of sp³-hybridized carbons (Fsp3) is 0.444. The maximum absolute atomic E-state index is 13.0. The molecule has 2 atom stereocenters. The number of carbonyl (C=O) groups is 2. The van der Waals surface area contributed by atoms with E-state index < -0.39 is 0 Å². The van der Waals surface area contributed by atoms with Crippen LogP contribution >= 0.6 is 0 Å². The fourth-order valence-electron chi connectivity index (χ4n) is 3.42. The topological polar surface area (TPSA) is 49.4 Å². The third-order valence-corrected chi connectivity index (χ3v) is 4.73. The van der Waals surface area contributed by atoms with Gasteiger partial charge in [0.15, 0.2) is 0 Å². The molecule has 1 saturated carbocycles. The Bertz CT molecular complexity index is 671. The zero-order chi connectivity index (χ0) is 16.1. The van der Waals surface area contributed by atoms with Crippen LogP contribution in [0.15, 0.2) is 35.9 Å². The van der Waals surface area contributed by atoms with Gasteiger partial charge < -0.3 is 10.2 Å². The van der Waals surface area contributed by atoms with E-state index in [0.29, 0.717) is 5.69 Å². The molecule has 0 radical (unpaired) electrons. The molecule has 2 aliphatic rings. The molecule has 0 bridgehead atoms. The highest BCUT2D eigenvalue weighted by Gasteiger charge is 2.61. The summed E-state index contributed by atoms with van der Waals surface area (Å²) in [6, 6.07) is 7.47. The van der Waals surface area contributed by atoms with E-state index in [1.54, 1.807) is 4.90 Å². The zero-order valence-electron chi connectivity index (χ0n) is 13.5. The Morgan fingerprint density at radius 3 is 2.68 bits per heavy atom. The van der Waals surface area contributed by atoms with Crippen LogP contribution in [0.5, 0.6) is 0 Å². The average molecular weight is 298 g/mol. The van der Waals surface area contributed by atoms with Gasteiger partial charge in [-0.3, -0.25) is 9.59 Å². The van der Waals surface area contributed by atoms with Gasteiger partial charge >= 0.3 is 0 Å². The van der Waals surface area contributed by atoms with Gasteiger partial charge in [-0.2, -0.15) is 0 Å². The molecular weight excluding hydrogens is 276 g/mol. The second-order valence-electron chi connectivity index (χ2n) is 7.06. The van der Waals surface area contributed by atoms with Crippen LogP contribution in [-0.2, 0) is 9.59 Å². The van der Waals surface area contributed by atoms with Crippen LogP contribution in [0.2, 0.25) is 0 Å². The molecule has 1 aromatic rings. The Labute approximate surface area is 131 Å². The third kappa shape index (κ3) is 2.32. The number of benzene rings is 1. The molecule has 1 aromatic carbocycles. The van der Waals surface area contributed by atoms with Crippen LogP contribution in [0, 0.1) is 17.3 Å². The highest BCUT2D eigenvalue weighted by atomic mass is 16.2. The number of hydrogen-bond acceptors (Lipinski definition) is 2. The monoisotopic (exact) mass is 298 g/mol. The lowest BCUT2D eigenvalue weighted by molar-refractivity contribution is -0.123. The number of carbonyl (C=O) groups excluding carboxylic acids is 2. The van der Waals surface area contributed by atoms with Gasteiger partial charge in [-0.1, -0.05) is 37.6 Å². The van der Waals surface area contributed by atoms with Crippen molar-refractivity contribution in [3.63, 3.8) is 0 Å². The van der Waals surface area contributed by atoms with Crippen molar-refractivity contribution in [3.05, 3.63) is 35.9 Å². The molecule has 4 heteroatoms. The Hall–Kier alpha value is -2.10. The van der Waals surface area contributed by atoms with Gasteiger partial charge in [-0.05, 0) is 37.3 Å². The summed E-state index contributed by atoms with van der Waals surface area (Å²) >= 11 is 0. The van der Waals surface area contributed by atoms with Crippen molar-refractivity contribution in [2.24, 2.45) is 17.3 Å². The molecule has 1 N–H and O–H groups in total. The van der Waals surface area contributed by atoms with Crippen LogP contribution in [0.3, 0.4) is 0 Å².